The van der Waals surface area contributed by atoms with E-state index < -0.39 is 0 Å². The van der Waals surface area contributed by atoms with Crippen LogP contribution in [0.5, 0.6) is 0 Å². The Morgan fingerprint density at radius 1 is 1.14 bits per heavy atom. The fraction of sp³-hybridized carbons (Fsp3) is 0.412. The molecule has 22 heavy (non-hydrogen) atoms. The summed E-state index contributed by atoms with van der Waals surface area (Å²) in [5.74, 6) is 1.47. The van der Waals surface area contributed by atoms with Crippen molar-refractivity contribution in [2.45, 2.75) is 20.3 Å². The SMILES string of the molecule is Cc1ccc(C)c(Nc2ccnc(NCCCN(C)C)n2)c1. The van der Waals surface area contributed by atoms with Gasteiger partial charge in [-0.1, -0.05) is 12.1 Å². The van der Waals surface area contributed by atoms with E-state index in [9.17, 15) is 0 Å². The average Bonchev–Trinajstić information content (AvgIpc) is 2.48. The molecule has 5 heteroatoms. The Bertz CT molecular complexity index is 610. The Morgan fingerprint density at radius 3 is 2.73 bits per heavy atom. The molecule has 0 unspecified atom stereocenters. The number of nitrogens with one attached hydrogen (secondary N) is 2. The van der Waals surface area contributed by atoms with Crippen LogP contribution in [-0.2, 0) is 0 Å². The highest BCUT2D eigenvalue weighted by Gasteiger charge is 2.02. The Balaban J connectivity index is 1.97. The minimum Gasteiger partial charge on any atom is -0.354 e. The van der Waals surface area contributed by atoms with Crippen molar-refractivity contribution in [2.24, 2.45) is 0 Å². The van der Waals surface area contributed by atoms with Crippen molar-refractivity contribution in [3.05, 3.63) is 41.6 Å². The molecule has 2 N–H and O–H groups in total. The van der Waals surface area contributed by atoms with E-state index in [0.29, 0.717) is 5.95 Å². The maximum atomic E-state index is 4.51. The number of hydrogen-bond acceptors (Lipinski definition) is 5. The molecular formula is C17H25N5. The topological polar surface area (TPSA) is 53.1 Å². The smallest absolute Gasteiger partial charge is 0.224 e. The van der Waals surface area contributed by atoms with Gasteiger partial charge >= 0.3 is 0 Å². The molecule has 0 saturated heterocycles. The number of benzene rings is 1. The van der Waals surface area contributed by atoms with E-state index in [1.54, 1.807) is 6.20 Å². The third-order valence-corrected chi connectivity index (χ3v) is 3.38. The molecule has 2 rings (SSSR count). The number of nitrogens with zero attached hydrogens (tertiary/aromatic N) is 3. The Labute approximate surface area is 132 Å². The Hall–Kier alpha value is -2.14. The van der Waals surface area contributed by atoms with Gasteiger partial charge in [0.2, 0.25) is 5.95 Å². The van der Waals surface area contributed by atoms with E-state index in [-0.39, 0.29) is 0 Å². The maximum Gasteiger partial charge on any atom is 0.224 e. The zero-order chi connectivity index (χ0) is 15.9. The lowest BCUT2D eigenvalue weighted by atomic mass is 10.1. The molecule has 0 radical (unpaired) electrons. The highest BCUT2D eigenvalue weighted by Crippen LogP contribution is 2.20. The quantitative estimate of drug-likeness (QED) is 0.769. The first-order chi connectivity index (χ1) is 10.5. The van der Waals surface area contributed by atoms with Crippen LogP contribution in [0.15, 0.2) is 30.5 Å². The molecule has 0 spiro atoms. The van der Waals surface area contributed by atoms with Gasteiger partial charge in [0, 0.05) is 18.4 Å². The second kappa shape index (κ2) is 7.75. The Kier molecular flexibility index (Phi) is 5.72. The van der Waals surface area contributed by atoms with Gasteiger partial charge in [0.1, 0.15) is 5.82 Å². The van der Waals surface area contributed by atoms with Crippen LogP contribution in [-0.4, -0.2) is 42.1 Å². The molecule has 0 bridgehead atoms. The van der Waals surface area contributed by atoms with Crippen LogP contribution in [0.2, 0.25) is 0 Å². The summed E-state index contributed by atoms with van der Waals surface area (Å²) in [4.78, 5) is 10.9. The molecule has 1 aromatic heterocycles. The van der Waals surface area contributed by atoms with Gasteiger partial charge in [-0.05, 0) is 64.2 Å². The first-order valence-corrected chi connectivity index (χ1v) is 7.60. The predicted molar refractivity (Wildman–Crippen MR) is 92.9 cm³/mol. The monoisotopic (exact) mass is 299 g/mol. The van der Waals surface area contributed by atoms with Crippen molar-refractivity contribution in [1.82, 2.24) is 14.9 Å². The van der Waals surface area contributed by atoms with Gasteiger partial charge in [-0.2, -0.15) is 4.98 Å². The minimum absolute atomic E-state index is 0.661. The molecule has 118 valence electrons. The molecule has 0 amide bonds. The summed E-state index contributed by atoms with van der Waals surface area (Å²) in [5.41, 5.74) is 3.51. The highest BCUT2D eigenvalue weighted by molar-refractivity contribution is 5.61. The largest absolute Gasteiger partial charge is 0.354 e. The van der Waals surface area contributed by atoms with Gasteiger partial charge in [0.15, 0.2) is 0 Å². The molecule has 2 aromatic rings. The van der Waals surface area contributed by atoms with E-state index in [1.165, 1.54) is 11.1 Å². The number of hydrogen-bond donors (Lipinski definition) is 2. The van der Waals surface area contributed by atoms with Crippen LogP contribution in [0.4, 0.5) is 17.5 Å². The zero-order valence-electron chi connectivity index (χ0n) is 13.8. The molecule has 0 aliphatic heterocycles. The van der Waals surface area contributed by atoms with E-state index in [2.05, 4.69) is 71.6 Å². The van der Waals surface area contributed by atoms with Crippen LogP contribution >= 0.6 is 0 Å². The molecule has 1 heterocycles. The number of aryl methyl sites for hydroxylation is 2. The lowest BCUT2D eigenvalue weighted by Gasteiger charge is -2.12. The van der Waals surface area contributed by atoms with Crippen molar-refractivity contribution in [1.29, 1.82) is 0 Å². The summed E-state index contributed by atoms with van der Waals surface area (Å²) >= 11 is 0. The van der Waals surface area contributed by atoms with Crippen LogP contribution in [0.1, 0.15) is 17.5 Å². The van der Waals surface area contributed by atoms with Crippen LogP contribution in [0.25, 0.3) is 0 Å². The average molecular weight is 299 g/mol. The second-order valence-electron chi connectivity index (χ2n) is 5.79. The third kappa shape index (κ3) is 5.00. The summed E-state index contributed by atoms with van der Waals surface area (Å²) in [6.45, 7) is 6.09. The van der Waals surface area contributed by atoms with E-state index in [1.807, 2.05) is 6.07 Å². The maximum absolute atomic E-state index is 4.51. The normalized spacial score (nSPS) is 10.8. The lowest BCUT2D eigenvalue weighted by Crippen LogP contribution is -2.17. The Morgan fingerprint density at radius 2 is 1.95 bits per heavy atom. The first kappa shape index (κ1) is 16.2. The fourth-order valence-corrected chi connectivity index (χ4v) is 2.12. The fourth-order valence-electron chi connectivity index (χ4n) is 2.12. The number of anilines is 3. The van der Waals surface area contributed by atoms with Gasteiger partial charge in [-0.15, -0.1) is 0 Å². The summed E-state index contributed by atoms with van der Waals surface area (Å²) in [5, 5.41) is 6.63. The third-order valence-electron chi connectivity index (χ3n) is 3.38. The molecule has 0 fully saturated rings. The number of rotatable bonds is 7. The molecule has 1 aromatic carbocycles. The highest BCUT2D eigenvalue weighted by atomic mass is 15.1. The first-order valence-electron chi connectivity index (χ1n) is 7.60. The lowest BCUT2D eigenvalue weighted by molar-refractivity contribution is 0.405. The molecule has 0 aliphatic carbocycles. The van der Waals surface area contributed by atoms with Gasteiger partial charge in [0.05, 0.1) is 0 Å². The van der Waals surface area contributed by atoms with Crippen molar-refractivity contribution < 1.29 is 0 Å². The van der Waals surface area contributed by atoms with Crippen molar-refractivity contribution >= 4 is 17.5 Å². The molecule has 5 nitrogen and oxygen atoms in total. The molecule has 0 aliphatic rings. The van der Waals surface area contributed by atoms with E-state index in [0.717, 1.165) is 31.0 Å². The van der Waals surface area contributed by atoms with Crippen molar-refractivity contribution in [2.75, 3.05) is 37.8 Å². The van der Waals surface area contributed by atoms with Crippen LogP contribution in [0, 0.1) is 13.8 Å². The van der Waals surface area contributed by atoms with Crippen molar-refractivity contribution in [3.8, 4) is 0 Å². The van der Waals surface area contributed by atoms with Gasteiger partial charge in [0.25, 0.3) is 0 Å². The molecule has 0 saturated carbocycles. The summed E-state index contributed by atoms with van der Waals surface area (Å²) in [6, 6.07) is 8.23. The predicted octanol–water partition coefficient (Wildman–Crippen LogP) is 3.20. The standard InChI is InChI=1S/C17H25N5/c1-13-6-7-14(2)15(12-13)20-16-8-10-19-17(21-16)18-9-5-11-22(3)4/h6-8,10,12H,5,9,11H2,1-4H3,(H2,18,19,20,21). The van der Waals surface area contributed by atoms with Gasteiger partial charge < -0.3 is 15.5 Å². The van der Waals surface area contributed by atoms with Gasteiger partial charge in [-0.25, -0.2) is 4.98 Å². The summed E-state index contributed by atoms with van der Waals surface area (Å²) in [6.07, 6.45) is 2.83. The molecular weight excluding hydrogens is 274 g/mol. The summed E-state index contributed by atoms with van der Waals surface area (Å²) < 4.78 is 0. The van der Waals surface area contributed by atoms with Gasteiger partial charge in [-0.3, -0.25) is 0 Å². The second-order valence-corrected chi connectivity index (χ2v) is 5.79. The van der Waals surface area contributed by atoms with E-state index >= 15 is 0 Å². The number of aromatic nitrogens is 2. The van der Waals surface area contributed by atoms with Crippen LogP contribution < -0.4 is 10.6 Å². The van der Waals surface area contributed by atoms with Crippen molar-refractivity contribution in [3.63, 3.8) is 0 Å². The zero-order valence-corrected chi connectivity index (χ0v) is 13.8. The summed E-state index contributed by atoms with van der Waals surface area (Å²) in [7, 11) is 4.15. The molecule has 0 atom stereocenters. The van der Waals surface area contributed by atoms with Crippen LogP contribution in [0.3, 0.4) is 0 Å². The van der Waals surface area contributed by atoms with E-state index in [4.69, 9.17) is 0 Å². The minimum atomic E-state index is 0.661.